The van der Waals surface area contributed by atoms with Gasteiger partial charge in [-0.2, -0.15) is 0 Å². The number of aromatic nitrogens is 8. The molecule has 0 unspecified atom stereocenters. The van der Waals surface area contributed by atoms with Crippen LogP contribution in [0.1, 0.15) is 40.5 Å². The molecule has 2 aliphatic heterocycles. The van der Waals surface area contributed by atoms with Crippen molar-refractivity contribution in [2.75, 3.05) is 13.2 Å². The van der Waals surface area contributed by atoms with Crippen LogP contribution in [-0.4, -0.2) is 43.1 Å². The van der Waals surface area contributed by atoms with Crippen LogP contribution in [0.5, 0.6) is 11.5 Å². The first-order chi connectivity index (χ1) is 27.9. The number of hydrogen-bond acceptors (Lipinski definition) is 8. The predicted octanol–water partition coefficient (Wildman–Crippen LogP) is 12.9. The molecule has 2 aliphatic rings. The van der Waals surface area contributed by atoms with Crippen LogP contribution in [0, 0.1) is 11.8 Å². The van der Waals surface area contributed by atoms with Gasteiger partial charge in [-0.3, -0.25) is 0 Å². The summed E-state index contributed by atoms with van der Waals surface area (Å²) < 4.78 is 12.3. The van der Waals surface area contributed by atoms with Gasteiger partial charge in [-0.05, 0) is 35.4 Å². The Morgan fingerprint density at radius 2 is 0.881 bits per heavy atom. The molecule has 9 rings (SSSR count). The molecule has 5 heterocycles. The van der Waals surface area contributed by atoms with Gasteiger partial charge >= 0.3 is 19.5 Å². The molecule has 0 aliphatic carbocycles. The molecule has 10 nitrogen and oxygen atoms in total. The number of hydrogen-bond donors (Lipinski definition) is 0. The fourth-order valence-electron chi connectivity index (χ4n) is 6.84. The van der Waals surface area contributed by atoms with E-state index in [0.29, 0.717) is 69.9 Å². The third-order valence-corrected chi connectivity index (χ3v) is 12.2. The summed E-state index contributed by atoms with van der Waals surface area (Å²) in [5.41, 5.74) is 3.11. The van der Waals surface area contributed by atoms with Crippen LogP contribution in [-0.2, 0) is 19.5 Å². The van der Waals surface area contributed by atoms with Crippen molar-refractivity contribution in [1.29, 1.82) is 0 Å². The standard InChI is InChI=1S/C42H30Cl6N8O2.Zn/c1-17(2)13-15-57-33-29(45)25-23(27(43)31(33)47)39-52-37-21-11-7-5-9-19(21)35(50-37)49-36-20-10-6-8-12-22(20)38(51-36)53-40-24-26(42(55-40)56-41(25)54-39)30(46)34(32(48)28(24)44)58-16-14-18(3)4;/h5-12,17-18H,13-16H2,1-4H3;/q-2;+2. The molecule has 0 saturated heterocycles. The van der Waals surface area contributed by atoms with E-state index >= 15 is 0 Å². The maximum absolute atomic E-state index is 7.22. The summed E-state index contributed by atoms with van der Waals surface area (Å²) in [6.07, 6.45) is 1.49. The monoisotopic (exact) mass is 952 g/mol. The van der Waals surface area contributed by atoms with Gasteiger partial charge in [0.05, 0.1) is 56.6 Å². The second kappa shape index (κ2) is 16.6. The average Bonchev–Trinajstić information content (AvgIpc) is 3.94. The van der Waals surface area contributed by atoms with Crippen molar-refractivity contribution in [2.24, 2.45) is 11.8 Å². The first kappa shape index (κ1) is 41.9. The summed E-state index contributed by atoms with van der Waals surface area (Å²) in [6.45, 7) is 9.04. The van der Waals surface area contributed by atoms with Gasteiger partial charge in [-0.1, -0.05) is 146 Å². The van der Waals surface area contributed by atoms with Crippen LogP contribution in [0.25, 0.3) is 89.7 Å². The van der Waals surface area contributed by atoms with Gasteiger partial charge in [-0.25, -0.2) is 9.97 Å². The summed E-state index contributed by atoms with van der Waals surface area (Å²) in [5, 5.41) is 2.86. The molecular weight excluding hydrogens is 927 g/mol. The van der Waals surface area contributed by atoms with E-state index in [1.54, 1.807) is 0 Å². The molecule has 0 fully saturated rings. The summed E-state index contributed by atoms with van der Waals surface area (Å²) in [6, 6.07) is 15.2. The molecular formula is C42H30Cl6N8O2Zn. The van der Waals surface area contributed by atoms with Crippen molar-refractivity contribution in [3.63, 3.8) is 0 Å². The van der Waals surface area contributed by atoms with E-state index in [0.717, 1.165) is 34.7 Å². The van der Waals surface area contributed by atoms with Crippen LogP contribution in [0.2, 0.25) is 30.1 Å². The molecule has 0 radical (unpaired) electrons. The number of fused-ring (bicyclic) bond motifs is 20. The Morgan fingerprint density at radius 3 is 1.44 bits per heavy atom. The molecule has 8 bridgehead atoms. The zero-order valence-electron chi connectivity index (χ0n) is 32.0. The topological polar surface area (TPSA) is 124 Å². The minimum Gasteiger partial charge on any atom is -0.490 e. The number of ether oxygens (including phenoxy) is 2. The normalized spacial score (nSPS) is 12.0. The Balaban J connectivity index is 0.00000484. The van der Waals surface area contributed by atoms with E-state index < -0.39 is 0 Å². The van der Waals surface area contributed by atoms with Gasteiger partial charge in [0.25, 0.3) is 0 Å². The third kappa shape index (κ3) is 7.30. The second-order valence-electron chi connectivity index (χ2n) is 14.7. The Hall–Kier alpha value is -3.80. The van der Waals surface area contributed by atoms with Gasteiger partial charge in [0.15, 0.2) is 11.5 Å². The quantitative estimate of drug-likeness (QED) is 0.107. The van der Waals surface area contributed by atoms with Crippen LogP contribution < -0.4 is 19.4 Å². The number of halogens is 6. The van der Waals surface area contributed by atoms with Crippen molar-refractivity contribution in [3.8, 4) is 57.1 Å². The van der Waals surface area contributed by atoms with Crippen LogP contribution in [0.4, 0.5) is 0 Å². The van der Waals surface area contributed by atoms with Crippen molar-refractivity contribution in [2.45, 2.75) is 40.5 Å². The van der Waals surface area contributed by atoms with Crippen molar-refractivity contribution >= 4 is 114 Å². The zero-order valence-corrected chi connectivity index (χ0v) is 39.5. The summed E-state index contributed by atoms with van der Waals surface area (Å²) in [4.78, 5) is 39.6. The molecule has 4 aromatic carbocycles. The number of rotatable bonds is 8. The van der Waals surface area contributed by atoms with Crippen molar-refractivity contribution in [1.82, 2.24) is 39.9 Å². The van der Waals surface area contributed by atoms with E-state index in [-0.39, 0.29) is 84.1 Å². The smallest absolute Gasteiger partial charge is 0.490 e. The van der Waals surface area contributed by atoms with E-state index in [1.165, 1.54) is 0 Å². The van der Waals surface area contributed by atoms with Crippen LogP contribution in [0.15, 0.2) is 48.5 Å². The van der Waals surface area contributed by atoms with E-state index in [9.17, 15) is 0 Å². The van der Waals surface area contributed by atoms with Crippen molar-refractivity contribution in [3.05, 3.63) is 78.7 Å². The molecule has 17 heteroatoms. The Bertz CT molecular complexity index is 3030. The van der Waals surface area contributed by atoms with Crippen molar-refractivity contribution < 1.29 is 29.0 Å². The summed E-state index contributed by atoms with van der Waals surface area (Å²) in [7, 11) is 0. The molecule has 3 aromatic heterocycles. The summed E-state index contributed by atoms with van der Waals surface area (Å²) in [5.74, 6) is 2.09. The Kier molecular flexibility index (Phi) is 11.8. The first-order valence-electron chi connectivity index (χ1n) is 18.5. The Labute approximate surface area is 381 Å². The zero-order chi connectivity index (χ0) is 40.6. The van der Waals surface area contributed by atoms with Crippen LogP contribution >= 0.6 is 69.6 Å². The van der Waals surface area contributed by atoms with E-state index in [1.807, 2.05) is 48.5 Å². The largest absolute Gasteiger partial charge is 2.00 e. The third-order valence-electron chi connectivity index (χ3n) is 9.85. The van der Waals surface area contributed by atoms with Gasteiger partial charge in [0, 0.05) is 55.6 Å². The first-order valence-corrected chi connectivity index (χ1v) is 20.7. The maximum atomic E-state index is 7.22. The Morgan fingerprint density at radius 1 is 0.475 bits per heavy atom. The molecule has 59 heavy (non-hydrogen) atoms. The molecule has 7 aromatic rings. The predicted molar refractivity (Wildman–Crippen MR) is 234 cm³/mol. The molecule has 0 atom stereocenters. The fourth-order valence-corrected chi connectivity index (χ4v) is 8.61. The number of nitrogens with zero attached hydrogens (tertiary/aromatic N) is 8. The minimum absolute atomic E-state index is 0. The molecule has 0 amide bonds. The van der Waals surface area contributed by atoms with Gasteiger partial charge < -0.3 is 39.4 Å². The molecule has 0 N–H and O–H groups in total. The second-order valence-corrected chi connectivity index (χ2v) is 16.9. The van der Waals surface area contributed by atoms with E-state index in [4.69, 9.17) is 119 Å². The van der Waals surface area contributed by atoms with Crippen LogP contribution in [0.3, 0.4) is 0 Å². The van der Waals surface area contributed by atoms with Gasteiger partial charge in [0.1, 0.15) is 10.0 Å². The van der Waals surface area contributed by atoms with Gasteiger partial charge in [-0.15, -0.1) is 0 Å². The average molecular weight is 957 g/mol. The number of benzene rings is 4. The molecule has 0 spiro atoms. The summed E-state index contributed by atoms with van der Waals surface area (Å²) >= 11 is 42.5. The molecule has 294 valence electrons. The van der Waals surface area contributed by atoms with E-state index in [2.05, 4.69) is 27.7 Å². The minimum atomic E-state index is 0. The maximum Gasteiger partial charge on any atom is 2.00 e. The van der Waals surface area contributed by atoms with Gasteiger partial charge in [0.2, 0.25) is 0 Å². The molecule has 0 saturated carbocycles. The SMILES string of the molecule is CC(C)CCOc1c(Cl)c(Cl)c2c(c1Cl)-c1nc-2nc2[n-]c(nc3nc(nc4[n-]c(n1)c1c(Cl)c(OCCC(C)C)c(Cl)c(Cl)c41)-c1ccccc1-3)c1ccccc21.[Zn+2]. The fraction of sp³-hybridized carbons (Fsp3) is 0.238.